The molecule has 1 heterocycles. The summed E-state index contributed by atoms with van der Waals surface area (Å²) in [5.74, 6) is 1.29. The lowest BCUT2D eigenvalue weighted by atomic mass is 10.2. The third-order valence-corrected chi connectivity index (χ3v) is 7.02. The highest BCUT2D eigenvalue weighted by Crippen LogP contribution is 2.29. The summed E-state index contributed by atoms with van der Waals surface area (Å²) in [5, 5.41) is 13.2. The highest BCUT2D eigenvalue weighted by atomic mass is 32.2. The van der Waals surface area contributed by atoms with E-state index in [1.54, 1.807) is 6.21 Å². The highest BCUT2D eigenvalue weighted by Gasteiger charge is 2.10. The van der Waals surface area contributed by atoms with Gasteiger partial charge in [0.1, 0.15) is 5.01 Å². The molecule has 9 heteroatoms. The lowest BCUT2D eigenvalue weighted by molar-refractivity contribution is -0.118. The zero-order chi connectivity index (χ0) is 25.0. The van der Waals surface area contributed by atoms with Crippen molar-refractivity contribution in [3.8, 4) is 22.1 Å². The topological polar surface area (TPSA) is 85.7 Å². The fraction of sp³-hybridized carbons (Fsp3) is 0.185. The predicted octanol–water partition coefficient (Wildman–Crippen LogP) is 5.47. The number of amides is 1. The molecule has 0 spiro atoms. The summed E-state index contributed by atoms with van der Waals surface area (Å²) in [6.45, 7) is 2.99. The Kier molecular flexibility index (Phi) is 9.46. The molecule has 1 amide bonds. The van der Waals surface area contributed by atoms with Gasteiger partial charge in [-0.25, -0.2) is 5.43 Å². The summed E-state index contributed by atoms with van der Waals surface area (Å²) in [7, 11) is 0. The summed E-state index contributed by atoms with van der Waals surface area (Å²) in [6.07, 6.45) is 2.39. The molecule has 0 fully saturated rings. The Bertz CT molecular complexity index is 1280. The summed E-state index contributed by atoms with van der Waals surface area (Å²) < 4.78 is 12.4. The van der Waals surface area contributed by atoms with Crippen LogP contribution in [0.4, 0.5) is 0 Å². The molecule has 0 bridgehead atoms. The Morgan fingerprint density at radius 3 is 2.56 bits per heavy atom. The summed E-state index contributed by atoms with van der Waals surface area (Å²) >= 11 is 2.79. The zero-order valence-electron chi connectivity index (χ0n) is 19.8. The Hall–Kier alpha value is -3.69. The van der Waals surface area contributed by atoms with E-state index in [1.807, 2.05) is 73.7 Å². The van der Waals surface area contributed by atoms with Crippen molar-refractivity contribution in [1.82, 2.24) is 15.6 Å². The molecule has 1 aromatic heterocycles. The van der Waals surface area contributed by atoms with Crippen LogP contribution in [-0.4, -0.2) is 41.3 Å². The molecule has 0 radical (unpaired) electrons. The van der Waals surface area contributed by atoms with E-state index in [-0.39, 0.29) is 11.7 Å². The number of carbonyl (C=O) groups is 1. The number of nitrogens with zero attached hydrogens (tertiary/aromatic N) is 3. The number of thioether (sulfide) groups is 1. The number of ether oxygens (including phenoxy) is 2. The first-order chi connectivity index (χ1) is 17.7. The van der Waals surface area contributed by atoms with E-state index in [2.05, 4.69) is 32.9 Å². The Morgan fingerprint density at radius 1 is 1.00 bits per heavy atom. The first-order valence-electron chi connectivity index (χ1n) is 11.5. The quantitative estimate of drug-likeness (QED) is 0.152. The molecule has 1 N–H and O–H groups in total. The second-order valence-electron chi connectivity index (χ2n) is 7.54. The third-order valence-electron chi connectivity index (χ3n) is 4.92. The van der Waals surface area contributed by atoms with Gasteiger partial charge in [0.25, 0.3) is 5.91 Å². The van der Waals surface area contributed by atoms with Crippen LogP contribution in [0.1, 0.15) is 18.1 Å². The first-order valence-corrected chi connectivity index (χ1v) is 13.3. The Morgan fingerprint density at radius 2 is 1.78 bits per heavy atom. The number of rotatable bonds is 12. The number of benzene rings is 3. The van der Waals surface area contributed by atoms with Gasteiger partial charge in [-0.2, -0.15) is 5.10 Å². The number of aromatic nitrogens is 2. The van der Waals surface area contributed by atoms with Gasteiger partial charge in [0.15, 0.2) is 15.8 Å². The first kappa shape index (κ1) is 25.4. The molecule has 0 unspecified atom stereocenters. The second kappa shape index (κ2) is 13.4. The average molecular weight is 519 g/mol. The zero-order valence-corrected chi connectivity index (χ0v) is 21.4. The predicted molar refractivity (Wildman–Crippen MR) is 145 cm³/mol. The van der Waals surface area contributed by atoms with Crippen molar-refractivity contribution in [1.29, 1.82) is 0 Å². The highest BCUT2D eigenvalue weighted by molar-refractivity contribution is 8.01. The minimum Gasteiger partial charge on any atom is -0.490 e. The second-order valence-corrected chi connectivity index (χ2v) is 9.74. The van der Waals surface area contributed by atoms with Crippen LogP contribution >= 0.6 is 23.1 Å². The smallest absolute Gasteiger partial charge is 0.250 e. The summed E-state index contributed by atoms with van der Waals surface area (Å²) in [6, 6.07) is 25.6. The molecule has 0 aliphatic rings. The van der Waals surface area contributed by atoms with E-state index in [1.165, 1.54) is 28.7 Å². The molecule has 184 valence electrons. The van der Waals surface area contributed by atoms with Crippen LogP contribution in [0, 0.1) is 0 Å². The van der Waals surface area contributed by atoms with E-state index < -0.39 is 0 Å². The van der Waals surface area contributed by atoms with Crippen molar-refractivity contribution in [3.63, 3.8) is 0 Å². The molecule has 0 saturated heterocycles. The van der Waals surface area contributed by atoms with Crippen molar-refractivity contribution < 1.29 is 14.3 Å². The fourth-order valence-corrected chi connectivity index (χ4v) is 4.87. The van der Waals surface area contributed by atoms with Crippen LogP contribution in [0.25, 0.3) is 10.6 Å². The van der Waals surface area contributed by atoms with E-state index in [0.717, 1.165) is 26.9 Å². The molecule has 0 atom stereocenters. The number of carbonyl (C=O) groups excluding carboxylic acids is 1. The molecule has 4 aromatic rings. The number of hydrazone groups is 1. The Labute approximate surface area is 218 Å². The maximum Gasteiger partial charge on any atom is 0.250 e. The van der Waals surface area contributed by atoms with Gasteiger partial charge in [-0.1, -0.05) is 83.8 Å². The van der Waals surface area contributed by atoms with E-state index in [0.29, 0.717) is 24.7 Å². The SMILES string of the molecule is CCOc1cc(C=NNC(=O)CSc2nnc(-c3ccccc3)s2)ccc1OCCc1ccccc1. The van der Waals surface area contributed by atoms with Crippen LogP contribution in [0.3, 0.4) is 0 Å². The number of hydrogen-bond acceptors (Lipinski definition) is 8. The van der Waals surface area contributed by atoms with Gasteiger partial charge >= 0.3 is 0 Å². The number of nitrogens with one attached hydrogen (secondary N) is 1. The molecular formula is C27H26N4O3S2. The minimum absolute atomic E-state index is 0.194. The van der Waals surface area contributed by atoms with Crippen LogP contribution in [0.2, 0.25) is 0 Å². The monoisotopic (exact) mass is 518 g/mol. The molecule has 0 aliphatic heterocycles. The fourth-order valence-electron chi connectivity index (χ4n) is 3.22. The van der Waals surface area contributed by atoms with E-state index in [4.69, 9.17) is 9.47 Å². The maximum absolute atomic E-state index is 12.2. The normalized spacial score (nSPS) is 10.9. The lowest BCUT2D eigenvalue weighted by Gasteiger charge is -2.12. The van der Waals surface area contributed by atoms with Gasteiger partial charge in [-0.3, -0.25) is 4.79 Å². The third kappa shape index (κ3) is 7.66. The largest absolute Gasteiger partial charge is 0.490 e. The molecule has 36 heavy (non-hydrogen) atoms. The van der Waals surface area contributed by atoms with Crippen molar-refractivity contribution in [3.05, 3.63) is 90.0 Å². The molecule has 4 rings (SSSR count). The van der Waals surface area contributed by atoms with Crippen molar-refractivity contribution in [2.45, 2.75) is 17.7 Å². The number of hydrogen-bond donors (Lipinski definition) is 1. The molecule has 7 nitrogen and oxygen atoms in total. The van der Waals surface area contributed by atoms with Crippen LogP contribution in [0.5, 0.6) is 11.5 Å². The molecule has 0 saturated carbocycles. The van der Waals surface area contributed by atoms with Gasteiger partial charge in [-0.05, 0) is 36.2 Å². The van der Waals surface area contributed by atoms with E-state index >= 15 is 0 Å². The summed E-state index contributed by atoms with van der Waals surface area (Å²) in [5.41, 5.74) is 5.57. The Balaban J connectivity index is 1.26. The minimum atomic E-state index is -0.224. The maximum atomic E-state index is 12.2. The molecular weight excluding hydrogens is 492 g/mol. The average Bonchev–Trinajstić information content (AvgIpc) is 3.39. The molecule has 3 aromatic carbocycles. The summed E-state index contributed by atoms with van der Waals surface area (Å²) in [4.78, 5) is 12.2. The van der Waals surface area contributed by atoms with E-state index in [9.17, 15) is 4.79 Å². The molecule has 0 aliphatic carbocycles. The van der Waals surface area contributed by atoms with Gasteiger partial charge in [0, 0.05) is 12.0 Å². The van der Waals surface area contributed by atoms with Crippen LogP contribution in [0.15, 0.2) is 88.3 Å². The van der Waals surface area contributed by atoms with Gasteiger partial charge in [0.2, 0.25) is 0 Å². The van der Waals surface area contributed by atoms with Crippen molar-refractivity contribution in [2.75, 3.05) is 19.0 Å². The van der Waals surface area contributed by atoms with Crippen molar-refractivity contribution >= 4 is 35.2 Å². The lowest BCUT2D eigenvalue weighted by Crippen LogP contribution is -2.19. The van der Waals surface area contributed by atoms with Gasteiger partial charge in [0.05, 0.1) is 25.2 Å². The van der Waals surface area contributed by atoms with Gasteiger partial charge < -0.3 is 9.47 Å². The van der Waals surface area contributed by atoms with Crippen LogP contribution < -0.4 is 14.9 Å². The van der Waals surface area contributed by atoms with Crippen molar-refractivity contribution in [2.24, 2.45) is 5.10 Å². The standard InChI is InChI=1S/C27H26N4O3S2/c1-2-33-24-17-21(13-14-23(24)34-16-15-20-9-5-3-6-10-20)18-28-29-25(32)19-35-27-31-30-26(36-27)22-11-7-4-8-12-22/h3-14,17-18H,2,15-16,19H2,1H3,(H,29,32). The van der Waals surface area contributed by atoms with Crippen LogP contribution in [-0.2, 0) is 11.2 Å². The van der Waals surface area contributed by atoms with Gasteiger partial charge in [-0.15, -0.1) is 10.2 Å².